The van der Waals surface area contributed by atoms with Crippen LogP contribution >= 0.6 is 0 Å². The molecule has 1 amide bonds. The molecule has 0 spiro atoms. The van der Waals surface area contributed by atoms with Crippen molar-refractivity contribution in [2.24, 2.45) is 5.92 Å². The SMILES string of the molecule is COc1ccccc1C=CC(=O)N1CCC(C(C)O)CC1. The van der Waals surface area contributed by atoms with E-state index in [2.05, 4.69) is 0 Å². The van der Waals surface area contributed by atoms with Gasteiger partial charge in [-0.2, -0.15) is 0 Å². The number of piperidine rings is 1. The predicted octanol–water partition coefficient (Wildman–Crippen LogP) is 2.33. The number of rotatable bonds is 4. The Bertz CT molecular complexity index is 503. The van der Waals surface area contributed by atoms with Gasteiger partial charge in [-0.05, 0) is 37.8 Å². The summed E-state index contributed by atoms with van der Waals surface area (Å²) in [5.41, 5.74) is 0.896. The van der Waals surface area contributed by atoms with E-state index in [9.17, 15) is 9.90 Å². The van der Waals surface area contributed by atoms with Crippen LogP contribution in [-0.2, 0) is 4.79 Å². The van der Waals surface area contributed by atoms with Gasteiger partial charge in [0.05, 0.1) is 13.2 Å². The summed E-state index contributed by atoms with van der Waals surface area (Å²) in [7, 11) is 1.62. The summed E-state index contributed by atoms with van der Waals surface area (Å²) >= 11 is 0. The molecular formula is C17H23NO3. The lowest BCUT2D eigenvalue weighted by Gasteiger charge is -2.32. The number of para-hydroxylation sites is 1. The standard InChI is InChI=1S/C17H23NO3/c1-13(19)14-9-11-18(12-10-14)17(20)8-7-15-5-3-4-6-16(15)21-2/h3-8,13-14,19H,9-12H2,1-2H3. The van der Waals surface area contributed by atoms with Gasteiger partial charge in [0.2, 0.25) is 5.91 Å². The van der Waals surface area contributed by atoms with E-state index in [0.29, 0.717) is 19.0 Å². The number of aliphatic hydroxyl groups is 1. The number of hydrogen-bond donors (Lipinski definition) is 1. The maximum Gasteiger partial charge on any atom is 0.246 e. The van der Waals surface area contributed by atoms with Crippen molar-refractivity contribution in [1.29, 1.82) is 0 Å². The number of aliphatic hydroxyl groups excluding tert-OH is 1. The highest BCUT2D eigenvalue weighted by Crippen LogP contribution is 2.22. The minimum atomic E-state index is -0.286. The van der Waals surface area contributed by atoms with Crippen molar-refractivity contribution in [2.45, 2.75) is 25.9 Å². The molecule has 1 aliphatic heterocycles. The first-order valence-electron chi connectivity index (χ1n) is 7.40. The maximum atomic E-state index is 12.2. The molecule has 1 unspecified atom stereocenters. The lowest BCUT2D eigenvalue weighted by Crippen LogP contribution is -2.39. The second-order valence-electron chi connectivity index (χ2n) is 5.48. The summed E-state index contributed by atoms with van der Waals surface area (Å²) in [6.07, 6.45) is 4.84. The van der Waals surface area contributed by atoms with Crippen LogP contribution in [0.3, 0.4) is 0 Å². The molecule has 1 aliphatic rings. The monoisotopic (exact) mass is 289 g/mol. The molecule has 0 saturated carbocycles. The van der Waals surface area contributed by atoms with Gasteiger partial charge in [0, 0.05) is 24.7 Å². The average molecular weight is 289 g/mol. The molecule has 21 heavy (non-hydrogen) atoms. The van der Waals surface area contributed by atoms with E-state index in [-0.39, 0.29) is 12.0 Å². The van der Waals surface area contributed by atoms with Crippen molar-refractivity contribution in [1.82, 2.24) is 4.90 Å². The Labute approximate surface area is 126 Å². The van der Waals surface area contributed by atoms with E-state index < -0.39 is 0 Å². The minimum Gasteiger partial charge on any atom is -0.496 e. The number of ether oxygens (including phenoxy) is 1. The molecule has 1 aromatic carbocycles. The fourth-order valence-electron chi connectivity index (χ4n) is 2.67. The molecule has 0 aliphatic carbocycles. The molecule has 4 nitrogen and oxygen atoms in total. The average Bonchev–Trinajstić information content (AvgIpc) is 2.52. The van der Waals surface area contributed by atoms with Crippen molar-refractivity contribution in [3.63, 3.8) is 0 Å². The number of methoxy groups -OCH3 is 1. The first kappa shape index (κ1) is 15.6. The zero-order valence-electron chi connectivity index (χ0n) is 12.7. The fourth-order valence-corrected chi connectivity index (χ4v) is 2.67. The van der Waals surface area contributed by atoms with Gasteiger partial charge < -0.3 is 14.7 Å². The number of benzene rings is 1. The quantitative estimate of drug-likeness (QED) is 0.866. The minimum absolute atomic E-state index is 0.0185. The Morgan fingerprint density at radius 1 is 1.38 bits per heavy atom. The molecule has 114 valence electrons. The topological polar surface area (TPSA) is 49.8 Å². The zero-order valence-corrected chi connectivity index (χ0v) is 12.7. The Kier molecular flexibility index (Phi) is 5.39. The van der Waals surface area contributed by atoms with Crippen LogP contribution in [-0.4, -0.2) is 42.2 Å². The van der Waals surface area contributed by atoms with Crippen molar-refractivity contribution in [2.75, 3.05) is 20.2 Å². The fraction of sp³-hybridized carbons (Fsp3) is 0.471. The molecule has 1 fully saturated rings. The molecule has 2 rings (SSSR count). The molecule has 1 saturated heterocycles. The number of hydrogen-bond acceptors (Lipinski definition) is 3. The highest BCUT2D eigenvalue weighted by atomic mass is 16.5. The third-order valence-electron chi connectivity index (χ3n) is 4.08. The van der Waals surface area contributed by atoms with Crippen molar-refractivity contribution < 1.29 is 14.6 Å². The van der Waals surface area contributed by atoms with Gasteiger partial charge in [-0.3, -0.25) is 4.79 Å². The maximum absolute atomic E-state index is 12.2. The zero-order chi connectivity index (χ0) is 15.2. The van der Waals surface area contributed by atoms with Crippen LogP contribution in [0.4, 0.5) is 0 Å². The van der Waals surface area contributed by atoms with E-state index >= 15 is 0 Å². The van der Waals surface area contributed by atoms with Gasteiger partial charge in [0.25, 0.3) is 0 Å². The van der Waals surface area contributed by atoms with Crippen molar-refractivity contribution in [3.05, 3.63) is 35.9 Å². The summed E-state index contributed by atoms with van der Waals surface area (Å²) in [5.74, 6) is 1.09. The predicted molar refractivity (Wildman–Crippen MR) is 83.0 cm³/mol. The Morgan fingerprint density at radius 2 is 2.05 bits per heavy atom. The Hall–Kier alpha value is -1.81. The van der Waals surface area contributed by atoms with Gasteiger partial charge in [-0.1, -0.05) is 18.2 Å². The molecule has 1 atom stereocenters. The summed E-state index contributed by atoms with van der Waals surface area (Å²) in [6, 6.07) is 7.61. The van der Waals surface area contributed by atoms with Crippen LogP contribution in [0.5, 0.6) is 5.75 Å². The Balaban J connectivity index is 1.94. The number of nitrogens with zero attached hydrogens (tertiary/aromatic N) is 1. The number of likely N-dealkylation sites (tertiary alicyclic amines) is 1. The van der Waals surface area contributed by atoms with E-state index in [1.165, 1.54) is 0 Å². The van der Waals surface area contributed by atoms with E-state index in [1.807, 2.05) is 36.1 Å². The highest BCUT2D eigenvalue weighted by Gasteiger charge is 2.24. The normalized spacial score (nSPS) is 18.0. The first-order chi connectivity index (χ1) is 10.1. The van der Waals surface area contributed by atoms with Crippen LogP contribution in [0.1, 0.15) is 25.3 Å². The second-order valence-corrected chi connectivity index (χ2v) is 5.48. The summed E-state index contributed by atoms with van der Waals surface area (Å²) in [6.45, 7) is 3.25. The third-order valence-corrected chi connectivity index (χ3v) is 4.08. The van der Waals surface area contributed by atoms with Crippen LogP contribution in [0.15, 0.2) is 30.3 Å². The van der Waals surface area contributed by atoms with Gasteiger partial charge in [0.15, 0.2) is 0 Å². The van der Waals surface area contributed by atoms with Gasteiger partial charge in [0.1, 0.15) is 5.75 Å². The summed E-state index contributed by atoms with van der Waals surface area (Å²) in [4.78, 5) is 14.0. The number of carbonyl (C=O) groups is 1. The highest BCUT2D eigenvalue weighted by molar-refractivity contribution is 5.92. The molecule has 0 radical (unpaired) electrons. The largest absolute Gasteiger partial charge is 0.496 e. The lowest BCUT2D eigenvalue weighted by atomic mass is 9.92. The van der Waals surface area contributed by atoms with Gasteiger partial charge >= 0.3 is 0 Å². The molecule has 1 heterocycles. The molecule has 4 heteroatoms. The van der Waals surface area contributed by atoms with Crippen LogP contribution in [0.25, 0.3) is 6.08 Å². The summed E-state index contributed by atoms with van der Waals surface area (Å²) < 4.78 is 5.26. The smallest absolute Gasteiger partial charge is 0.246 e. The number of amides is 1. The molecule has 1 N–H and O–H groups in total. The van der Waals surface area contributed by atoms with Crippen LogP contribution in [0.2, 0.25) is 0 Å². The number of carbonyl (C=O) groups excluding carboxylic acids is 1. The van der Waals surface area contributed by atoms with E-state index in [0.717, 1.165) is 24.2 Å². The molecular weight excluding hydrogens is 266 g/mol. The second kappa shape index (κ2) is 7.27. The third kappa shape index (κ3) is 4.08. The molecule has 0 bridgehead atoms. The molecule has 1 aromatic rings. The van der Waals surface area contributed by atoms with Gasteiger partial charge in [-0.25, -0.2) is 0 Å². The Morgan fingerprint density at radius 3 is 2.67 bits per heavy atom. The van der Waals surface area contributed by atoms with Crippen LogP contribution in [0, 0.1) is 5.92 Å². The van der Waals surface area contributed by atoms with Crippen molar-refractivity contribution in [3.8, 4) is 5.75 Å². The van der Waals surface area contributed by atoms with Gasteiger partial charge in [-0.15, -0.1) is 0 Å². The van der Waals surface area contributed by atoms with E-state index in [4.69, 9.17) is 4.74 Å². The van der Waals surface area contributed by atoms with E-state index in [1.54, 1.807) is 19.3 Å². The summed E-state index contributed by atoms with van der Waals surface area (Å²) in [5, 5.41) is 9.58. The lowest BCUT2D eigenvalue weighted by molar-refractivity contribution is -0.127. The molecule has 0 aromatic heterocycles. The van der Waals surface area contributed by atoms with Crippen LogP contribution < -0.4 is 4.74 Å². The first-order valence-corrected chi connectivity index (χ1v) is 7.40. The van der Waals surface area contributed by atoms with Crippen molar-refractivity contribution >= 4 is 12.0 Å².